The highest BCUT2D eigenvalue weighted by Gasteiger charge is 2.16. The molecule has 3 rings (SSSR count). The lowest BCUT2D eigenvalue weighted by atomic mass is 10.3. The molecule has 9 nitrogen and oxygen atoms in total. The van der Waals surface area contributed by atoms with E-state index in [2.05, 4.69) is 14.8 Å². The standard InChI is InChI=1S/C14H12N3O6P/c18-13(17-12-4-2-1-3-11(12)16-14(17)19)15-9-5-7-10(8-6-9)23-24(20,21)22/h1-8H,(H,15,18)(H,16,19)(H2,20,21,22). The largest absolute Gasteiger partial charge is 0.524 e. The second kappa shape index (κ2) is 5.97. The van der Waals surface area contributed by atoms with Gasteiger partial charge in [-0.2, -0.15) is 0 Å². The van der Waals surface area contributed by atoms with Crippen molar-refractivity contribution in [3.05, 3.63) is 59.0 Å². The maximum atomic E-state index is 12.3. The monoisotopic (exact) mass is 349 g/mol. The van der Waals surface area contributed by atoms with Gasteiger partial charge in [0.25, 0.3) is 0 Å². The van der Waals surface area contributed by atoms with E-state index in [0.29, 0.717) is 16.7 Å². The van der Waals surface area contributed by atoms with Gasteiger partial charge in [-0.25, -0.2) is 18.7 Å². The molecule has 24 heavy (non-hydrogen) atoms. The summed E-state index contributed by atoms with van der Waals surface area (Å²) in [4.78, 5) is 44.2. The number of phosphoric acid groups is 1. The summed E-state index contributed by atoms with van der Waals surface area (Å²) in [5.74, 6) is -0.0504. The lowest BCUT2D eigenvalue weighted by Gasteiger charge is -2.09. The van der Waals surface area contributed by atoms with Gasteiger partial charge in [0, 0.05) is 5.69 Å². The van der Waals surface area contributed by atoms with Crippen LogP contribution in [-0.2, 0) is 4.57 Å². The molecule has 0 unspecified atom stereocenters. The highest BCUT2D eigenvalue weighted by atomic mass is 31.2. The Morgan fingerprint density at radius 2 is 1.79 bits per heavy atom. The number of para-hydroxylation sites is 2. The number of nitrogens with one attached hydrogen (secondary N) is 2. The molecule has 0 saturated carbocycles. The summed E-state index contributed by atoms with van der Waals surface area (Å²) in [6.45, 7) is 0. The topological polar surface area (TPSA) is 134 Å². The minimum absolute atomic E-state index is 0.0504. The van der Waals surface area contributed by atoms with Crippen molar-refractivity contribution in [2.24, 2.45) is 0 Å². The zero-order valence-electron chi connectivity index (χ0n) is 12.0. The summed E-state index contributed by atoms with van der Waals surface area (Å²) in [5, 5.41) is 2.52. The summed E-state index contributed by atoms with van der Waals surface area (Å²) in [7, 11) is -4.64. The predicted octanol–water partition coefficient (Wildman–Crippen LogP) is 1.88. The molecule has 0 atom stereocenters. The number of hydrogen-bond donors (Lipinski definition) is 4. The number of nitrogens with zero attached hydrogens (tertiary/aromatic N) is 1. The van der Waals surface area contributed by atoms with E-state index >= 15 is 0 Å². The Labute approximate surface area is 134 Å². The zero-order chi connectivity index (χ0) is 17.3. The molecule has 0 spiro atoms. The van der Waals surface area contributed by atoms with Gasteiger partial charge in [0.1, 0.15) is 5.75 Å². The zero-order valence-corrected chi connectivity index (χ0v) is 12.9. The van der Waals surface area contributed by atoms with Crippen molar-refractivity contribution in [2.75, 3.05) is 5.32 Å². The van der Waals surface area contributed by atoms with Gasteiger partial charge in [0.15, 0.2) is 0 Å². The van der Waals surface area contributed by atoms with E-state index in [1.807, 2.05) is 0 Å². The van der Waals surface area contributed by atoms with Crippen LogP contribution in [0.25, 0.3) is 11.0 Å². The quantitative estimate of drug-likeness (QED) is 0.534. The van der Waals surface area contributed by atoms with E-state index in [1.165, 1.54) is 24.3 Å². The average Bonchev–Trinajstić information content (AvgIpc) is 2.83. The molecule has 0 radical (unpaired) electrons. The van der Waals surface area contributed by atoms with Crippen LogP contribution in [0.2, 0.25) is 0 Å². The number of amides is 1. The van der Waals surface area contributed by atoms with Crippen molar-refractivity contribution < 1.29 is 23.7 Å². The molecule has 1 heterocycles. The van der Waals surface area contributed by atoms with Crippen molar-refractivity contribution in [1.29, 1.82) is 0 Å². The van der Waals surface area contributed by atoms with Crippen LogP contribution in [0, 0.1) is 0 Å². The molecule has 0 saturated heterocycles. The Hall–Kier alpha value is -2.87. The summed E-state index contributed by atoms with van der Waals surface area (Å²) in [5.41, 5.74) is 0.717. The Morgan fingerprint density at radius 3 is 2.46 bits per heavy atom. The molecule has 10 heteroatoms. The number of H-pyrrole nitrogens is 1. The highest BCUT2D eigenvalue weighted by molar-refractivity contribution is 7.46. The summed E-state index contributed by atoms with van der Waals surface area (Å²) in [6.07, 6.45) is 0. The van der Waals surface area contributed by atoms with E-state index in [9.17, 15) is 14.2 Å². The molecule has 0 aliphatic heterocycles. The van der Waals surface area contributed by atoms with Gasteiger partial charge in [-0.3, -0.25) is 9.79 Å². The fourth-order valence-corrected chi connectivity index (χ4v) is 2.57. The SMILES string of the molecule is O=C(Nc1ccc(OP(=O)(O)O)cc1)n1c(=O)[nH]c2ccccc21. The Morgan fingerprint density at radius 1 is 1.12 bits per heavy atom. The van der Waals surface area contributed by atoms with Crippen LogP contribution in [0.15, 0.2) is 53.3 Å². The van der Waals surface area contributed by atoms with E-state index < -0.39 is 19.5 Å². The minimum Gasteiger partial charge on any atom is -0.404 e. The van der Waals surface area contributed by atoms with Gasteiger partial charge in [-0.1, -0.05) is 12.1 Å². The average molecular weight is 349 g/mol. The van der Waals surface area contributed by atoms with Crippen molar-refractivity contribution in [3.63, 3.8) is 0 Å². The third-order valence-electron chi connectivity index (χ3n) is 3.12. The van der Waals surface area contributed by atoms with Gasteiger partial charge in [-0.15, -0.1) is 0 Å². The van der Waals surface area contributed by atoms with E-state index in [4.69, 9.17) is 9.79 Å². The second-order valence-corrected chi connectivity index (χ2v) is 5.98. The third-order valence-corrected chi connectivity index (χ3v) is 3.57. The third kappa shape index (κ3) is 3.38. The number of hydrogen-bond acceptors (Lipinski definition) is 4. The van der Waals surface area contributed by atoms with Gasteiger partial charge in [0.05, 0.1) is 11.0 Å². The molecule has 3 aromatic rings. The van der Waals surface area contributed by atoms with Crippen LogP contribution in [0.1, 0.15) is 0 Å². The van der Waals surface area contributed by atoms with E-state index in [-0.39, 0.29) is 5.75 Å². The highest BCUT2D eigenvalue weighted by Crippen LogP contribution is 2.37. The second-order valence-electron chi connectivity index (χ2n) is 4.82. The Kier molecular flexibility index (Phi) is 3.98. The fourth-order valence-electron chi connectivity index (χ4n) is 2.17. The number of benzene rings is 2. The van der Waals surface area contributed by atoms with Gasteiger partial charge >= 0.3 is 19.5 Å². The number of carbonyl (C=O) groups excluding carboxylic acids is 1. The molecular weight excluding hydrogens is 337 g/mol. The number of anilines is 1. The number of rotatable bonds is 3. The van der Waals surface area contributed by atoms with Crippen LogP contribution < -0.4 is 15.5 Å². The Balaban J connectivity index is 1.83. The minimum atomic E-state index is -4.64. The van der Waals surface area contributed by atoms with Gasteiger partial charge in [0.2, 0.25) is 0 Å². The number of phosphoric ester groups is 1. The van der Waals surface area contributed by atoms with Crippen molar-refractivity contribution in [3.8, 4) is 5.75 Å². The van der Waals surface area contributed by atoms with Crippen LogP contribution in [0.3, 0.4) is 0 Å². The lowest BCUT2D eigenvalue weighted by Crippen LogP contribution is -2.29. The molecule has 1 amide bonds. The van der Waals surface area contributed by atoms with Crippen LogP contribution >= 0.6 is 7.82 Å². The number of carbonyl (C=O) groups is 1. The number of fused-ring (bicyclic) bond motifs is 1. The predicted molar refractivity (Wildman–Crippen MR) is 86.1 cm³/mol. The first kappa shape index (κ1) is 16.0. The van der Waals surface area contributed by atoms with E-state index in [0.717, 1.165) is 4.57 Å². The maximum absolute atomic E-state index is 12.3. The molecular formula is C14H12N3O6P. The molecule has 0 bridgehead atoms. The van der Waals surface area contributed by atoms with Gasteiger partial charge in [-0.05, 0) is 36.4 Å². The maximum Gasteiger partial charge on any atom is 0.524 e. The van der Waals surface area contributed by atoms with Crippen molar-refractivity contribution >= 4 is 30.6 Å². The summed E-state index contributed by atoms with van der Waals surface area (Å²) < 4.78 is 16.1. The lowest BCUT2D eigenvalue weighted by molar-refractivity contribution is 0.253. The van der Waals surface area contributed by atoms with E-state index in [1.54, 1.807) is 24.3 Å². The fraction of sp³-hybridized carbons (Fsp3) is 0. The number of aromatic nitrogens is 2. The first-order valence-corrected chi connectivity index (χ1v) is 8.23. The molecule has 4 N–H and O–H groups in total. The van der Waals surface area contributed by atoms with Crippen molar-refractivity contribution in [2.45, 2.75) is 0 Å². The summed E-state index contributed by atoms with van der Waals surface area (Å²) in [6, 6.07) is 11.4. The van der Waals surface area contributed by atoms with Gasteiger partial charge < -0.3 is 14.8 Å². The molecule has 0 aliphatic carbocycles. The molecule has 124 valence electrons. The Bertz CT molecular complexity index is 1000. The van der Waals surface area contributed by atoms with Crippen molar-refractivity contribution in [1.82, 2.24) is 9.55 Å². The smallest absolute Gasteiger partial charge is 0.404 e. The van der Waals surface area contributed by atoms with Crippen LogP contribution in [0.5, 0.6) is 5.75 Å². The summed E-state index contributed by atoms with van der Waals surface area (Å²) >= 11 is 0. The number of imidazole rings is 1. The molecule has 0 fully saturated rings. The number of aromatic amines is 1. The molecule has 1 aromatic heterocycles. The molecule has 2 aromatic carbocycles. The van der Waals surface area contributed by atoms with Crippen LogP contribution in [-0.4, -0.2) is 25.4 Å². The van der Waals surface area contributed by atoms with Crippen LogP contribution in [0.4, 0.5) is 10.5 Å². The first-order valence-electron chi connectivity index (χ1n) is 6.70. The normalized spacial score (nSPS) is 11.4. The first-order chi connectivity index (χ1) is 11.3. The molecule has 0 aliphatic rings.